The number of benzene rings is 2. The van der Waals surface area contributed by atoms with Crippen LogP contribution >= 0.6 is 15.9 Å². The molecular formula is C19H17BrN2O5. The third-order valence-electron chi connectivity index (χ3n) is 4.06. The molecule has 3 N–H and O–H groups in total. The third kappa shape index (κ3) is 3.75. The van der Waals surface area contributed by atoms with Crippen molar-refractivity contribution >= 4 is 33.3 Å². The normalized spacial score (nSPS) is 14.6. The van der Waals surface area contributed by atoms with Crippen LogP contribution in [0.3, 0.4) is 0 Å². The number of imide groups is 1. The van der Waals surface area contributed by atoms with Gasteiger partial charge in [0.2, 0.25) is 5.75 Å². The molecule has 0 aliphatic carbocycles. The molecule has 1 aliphatic heterocycles. The van der Waals surface area contributed by atoms with E-state index in [4.69, 9.17) is 9.47 Å². The molecule has 0 radical (unpaired) electrons. The van der Waals surface area contributed by atoms with Gasteiger partial charge in [-0.3, -0.25) is 14.9 Å². The van der Waals surface area contributed by atoms with Crippen molar-refractivity contribution in [2.24, 2.45) is 0 Å². The minimum Gasteiger partial charge on any atom is -0.504 e. The van der Waals surface area contributed by atoms with Crippen molar-refractivity contribution in [2.45, 2.75) is 6.54 Å². The summed E-state index contributed by atoms with van der Waals surface area (Å²) in [6, 6.07) is 8.38. The van der Waals surface area contributed by atoms with Crippen LogP contribution in [0.25, 0.3) is 5.57 Å². The summed E-state index contributed by atoms with van der Waals surface area (Å²) in [6.45, 7) is 0.321. The van der Waals surface area contributed by atoms with Crippen LogP contribution in [0.5, 0.6) is 17.2 Å². The molecule has 0 unspecified atom stereocenters. The number of amides is 2. The van der Waals surface area contributed by atoms with Crippen molar-refractivity contribution in [3.05, 3.63) is 57.7 Å². The first kappa shape index (κ1) is 18.8. The molecule has 1 heterocycles. The Labute approximate surface area is 164 Å². The van der Waals surface area contributed by atoms with Crippen molar-refractivity contribution in [3.8, 4) is 17.2 Å². The van der Waals surface area contributed by atoms with Crippen LogP contribution in [0.1, 0.15) is 21.5 Å². The lowest BCUT2D eigenvalue weighted by Crippen LogP contribution is -2.37. The fourth-order valence-corrected chi connectivity index (χ4v) is 3.17. The van der Waals surface area contributed by atoms with E-state index in [1.807, 2.05) is 0 Å². The van der Waals surface area contributed by atoms with E-state index >= 15 is 0 Å². The van der Waals surface area contributed by atoms with Gasteiger partial charge >= 0.3 is 0 Å². The SMILES string of the molecule is COc1cc(CN/C=C2\C(=O)NC(=O)c3ccc(Br)cc32)cc(O)c1OC. The summed E-state index contributed by atoms with van der Waals surface area (Å²) in [5.41, 5.74) is 2.04. The largest absolute Gasteiger partial charge is 0.504 e. The maximum absolute atomic E-state index is 12.2. The number of phenolic OH excluding ortho intramolecular Hbond substituents is 1. The highest BCUT2D eigenvalue weighted by Gasteiger charge is 2.27. The zero-order valence-corrected chi connectivity index (χ0v) is 16.2. The van der Waals surface area contributed by atoms with Gasteiger partial charge in [0, 0.05) is 28.3 Å². The summed E-state index contributed by atoms with van der Waals surface area (Å²) in [4.78, 5) is 24.2. The summed E-state index contributed by atoms with van der Waals surface area (Å²) >= 11 is 3.36. The Hall–Kier alpha value is -3.00. The molecule has 2 amide bonds. The Bertz CT molecular complexity index is 955. The Morgan fingerprint density at radius 1 is 1.11 bits per heavy atom. The number of carbonyl (C=O) groups excluding carboxylic acids is 2. The number of phenols is 1. The van der Waals surface area contributed by atoms with Crippen molar-refractivity contribution in [1.29, 1.82) is 0 Å². The summed E-state index contributed by atoms with van der Waals surface area (Å²) in [6.07, 6.45) is 1.54. The van der Waals surface area contributed by atoms with Gasteiger partial charge in [0.25, 0.3) is 11.8 Å². The number of rotatable bonds is 5. The van der Waals surface area contributed by atoms with Crippen LogP contribution in [-0.2, 0) is 11.3 Å². The summed E-state index contributed by atoms with van der Waals surface area (Å²) in [5, 5.41) is 15.4. The van der Waals surface area contributed by atoms with E-state index in [2.05, 4.69) is 26.6 Å². The molecule has 0 fully saturated rings. The van der Waals surface area contributed by atoms with E-state index < -0.39 is 11.8 Å². The number of fused-ring (bicyclic) bond motifs is 1. The topological polar surface area (TPSA) is 96.9 Å². The maximum atomic E-state index is 12.2. The van der Waals surface area contributed by atoms with Gasteiger partial charge in [-0.2, -0.15) is 0 Å². The highest BCUT2D eigenvalue weighted by molar-refractivity contribution is 9.10. The van der Waals surface area contributed by atoms with Crippen LogP contribution in [0, 0.1) is 0 Å². The van der Waals surface area contributed by atoms with Gasteiger partial charge in [-0.15, -0.1) is 0 Å². The molecule has 0 saturated heterocycles. The third-order valence-corrected chi connectivity index (χ3v) is 4.55. The quantitative estimate of drug-likeness (QED) is 0.496. The minimum atomic E-state index is -0.478. The molecule has 7 nitrogen and oxygen atoms in total. The van der Waals surface area contributed by atoms with E-state index in [0.717, 1.165) is 10.0 Å². The van der Waals surface area contributed by atoms with Crippen LogP contribution < -0.4 is 20.1 Å². The van der Waals surface area contributed by atoms with E-state index in [0.29, 0.717) is 29.0 Å². The molecule has 8 heteroatoms. The predicted molar refractivity (Wildman–Crippen MR) is 103 cm³/mol. The maximum Gasteiger partial charge on any atom is 0.260 e. The second kappa shape index (κ2) is 7.71. The molecule has 0 spiro atoms. The van der Waals surface area contributed by atoms with Crippen molar-refractivity contribution in [1.82, 2.24) is 10.6 Å². The Balaban J connectivity index is 1.86. The first-order valence-corrected chi connectivity index (χ1v) is 8.77. The average Bonchev–Trinajstić information content (AvgIpc) is 2.63. The number of carbonyl (C=O) groups is 2. The lowest BCUT2D eigenvalue weighted by atomic mass is 9.95. The number of ether oxygens (including phenoxy) is 2. The Kier molecular flexibility index (Phi) is 5.36. The lowest BCUT2D eigenvalue weighted by molar-refractivity contribution is -0.114. The van der Waals surface area contributed by atoms with Crippen molar-refractivity contribution < 1.29 is 24.2 Å². The molecule has 1 aliphatic rings. The molecule has 140 valence electrons. The zero-order valence-electron chi connectivity index (χ0n) is 14.6. The van der Waals surface area contributed by atoms with E-state index in [-0.39, 0.29) is 11.5 Å². The minimum absolute atomic E-state index is 0.0448. The lowest BCUT2D eigenvalue weighted by Gasteiger charge is -2.18. The fourth-order valence-electron chi connectivity index (χ4n) is 2.81. The van der Waals surface area contributed by atoms with E-state index in [9.17, 15) is 14.7 Å². The molecule has 0 aromatic heterocycles. The number of nitrogens with one attached hydrogen (secondary N) is 2. The Morgan fingerprint density at radius 2 is 1.89 bits per heavy atom. The number of hydrogen-bond acceptors (Lipinski definition) is 6. The van der Waals surface area contributed by atoms with Crippen LogP contribution in [0.4, 0.5) is 0 Å². The van der Waals surface area contributed by atoms with Crippen LogP contribution in [0.15, 0.2) is 41.0 Å². The number of hydrogen-bond donors (Lipinski definition) is 3. The standard InChI is InChI=1S/C19H17BrN2O5/c1-26-16-6-10(5-15(23)17(16)27-2)8-21-9-14-13-7-11(20)3-4-12(13)18(24)22-19(14)25/h3-7,9,21,23H,8H2,1-2H3,(H,22,24,25)/b14-9-. The Morgan fingerprint density at radius 3 is 2.59 bits per heavy atom. The van der Waals surface area contributed by atoms with Crippen LogP contribution in [0.2, 0.25) is 0 Å². The molecule has 0 atom stereocenters. The summed E-state index contributed by atoms with van der Waals surface area (Å²) < 4.78 is 11.1. The van der Waals surface area contributed by atoms with Crippen LogP contribution in [-0.4, -0.2) is 31.1 Å². The van der Waals surface area contributed by atoms with Gasteiger partial charge in [-0.1, -0.05) is 15.9 Å². The van der Waals surface area contributed by atoms with E-state index in [1.165, 1.54) is 14.2 Å². The second-order valence-corrected chi connectivity index (χ2v) is 6.68. The number of methoxy groups -OCH3 is 2. The average molecular weight is 433 g/mol. The van der Waals surface area contributed by atoms with Gasteiger partial charge in [-0.05, 0) is 35.9 Å². The molecular weight excluding hydrogens is 416 g/mol. The fraction of sp³-hybridized carbons (Fsp3) is 0.158. The van der Waals surface area contributed by atoms with E-state index in [1.54, 1.807) is 36.5 Å². The van der Waals surface area contributed by atoms with Crippen molar-refractivity contribution in [3.63, 3.8) is 0 Å². The smallest absolute Gasteiger partial charge is 0.260 e. The summed E-state index contributed by atoms with van der Waals surface area (Å²) in [7, 11) is 2.92. The van der Waals surface area contributed by atoms with Crippen molar-refractivity contribution in [2.75, 3.05) is 14.2 Å². The van der Waals surface area contributed by atoms with Gasteiger partial charge in [0.15, 0.2) is 11.5 Å². The molecule has 2 aromatic rings. The number of aromatic hydroxyl groups is 1. The van der Waals surface area contributed by atoms with Gasteiger partial charge < -0.3 is 19.9 Å². The highest BCUT2D eigenvalue weighted by atomic mass is 79.9. The molecule has 2 aromatic carbocycles. The zero-order chi connectivity index (χ0) is 19.6. The number of halogens is 1. The van der Waals surface area contributed by atoms with Gasteiger partial charge in [0.1, 0.15) is 0 Å². The highest BCUT2D eigenvalue weighted by Crippen LogP contribution is 2.37. The molecule has 0 bridgehead atoms. The van der Waals surface area contributed by atoms with Gasteiger partial charge in [0.05, 0.1) is 19.8 Å². The predicted octanol–water partition coefficient (Wildman–Crippen LogP) is 2.57. The molecule has 0 saturated carbocycles. The molecule has 27 heavy (non-hydrogen) atoms. The first-order chi connectivity index (χ1) is 12.9. The second-order valence-electron chi connectivity index (χ2n) is 5.76. The first-order valence-electron chi connectivity index (χ1n) is 7.97. The molecule has 3 rings (SSSR count). The monoisotopic (exact) mass is 432 g/mol. The van der Waals surface area contributed by atoms with Gasteiger partial charge in [-0.25, -0.2) is 0 Å². The summed E-state index contributed by atoms with van der Waals surface area (Å²) in [5.74, 6) is -0.296.